The van der Waals surface area contributed by atoms with Crippen molar-refractivity contribution in [2.24, 2.45) is 17.8 Å². The van der Waals surface area contributed by atoms with Crippen LogP contribution in [0.4, 0.5) is 0 Å². The molecule has 0 aromatic heterocycles. The summed E-state index contributed by atoms with van der Waals surface area (Å²) in [6, 6.07) is 8.95. The number of benzene rings is 1. The Hall–Kier alpha value is -0.470. The third kappa shape index (κ3) is 2.53. The van der Waals surface area contributed by atoms with E-state index in [-0.39, 0.29) is 0 Å². The zero-order chi connectivity index (χ0) is 13.5. The van der Waals surface area contributed by atoms with Crippen molar-refractivity contribution < 1.29 is 0 Å². The molecular weight excluding hydrogens is 262 g/mol. The van der Waals surface area contributed by atoms with Crippen molar-refractivity contribution in [3.8, 4) is 0 Å². The Morgan fingerprint density at radius 1 is 1.15 bits per heavy atom. The van der Waals surface area contributed by atoms with E-state index in [4.69, 9.17) is 0 Å². The van der Waals surface area contributed by atoms with E-state index in [9.17, 15) is 0 Å². The number of fused-ring (bicyclic) bond motifs is 3. The fourth-order valence-corrected chi connectivity index (χ4v) is 6.19. The van der Waals surface area contributed by atoms with E-state index in [2.05, 4.69) is 48.0 Å². The lowest BCUT2D eigenvalue weighted by molar-refractivity contribution is 0.220. The average Bonchev–Trinajstić information content (AvgIpc) is 3.11. The first kappa shape index (κ1) is 13.2. The van der Waals surface area contributed by atoms with Crippen molar-refractivity contribution in [2.45, 2.75) is 42.2 Å². The van der Waals surface area contributed by atoms with Crippen LogP contribution in [0.25, 0.3) is 0 Å². The molecule has 1 nitrogen and oxygen atoms in total. The van der Waals surface area contributed by atoms with Crippen LogP contribution in [-0.2, 0) is 6.42 Å². The summed E-state index contributed by atoms with van der Waals surface area (Å²) in [5, 5.41) is 0.774. The van der Waals surface area contributed by atoms with E-state index in [1.165, 1.54) is 43.7 Å². The van der Waals surface area contributed by atoms with Crippen molar-refractivity contribution in [1.29, 1.82) is 0 Å². The van der Waals surface area contributed by atoms with Crippen LogP contribution >= 0.6 is 11.8 Å². The van der Waals surface area contributed by atoms with Crippen LogP contribution in [0.2, 0.25) is 0 Å². The van der Waals surface area contributed by atoms with Gasteiger partial charge in [-0.3, -0.25) is 0 Å². The standard InChI is InChI=1S/C18H25NS/c1-19(11-16-9-13-6-7-14(16)8-13)12-17-10-15-4-2-3-5-18(15)20-17/h2-5,13-14,16-17H,6-12H2,1H3. The molecule has 4 rings (SSSR count). The predicted molar refractivity (Wildman–Crippen MR) is 86.2 cm³/mol. The van der Waals surface area contributed by atoms with E-state index >= 15 is 0 Å². The summed E-state index contributed by atoms with van der Waals surface area (Å²) in [6.07, 6.45) is 7.38. The highest BCUT2D eigenvalue weighted by Gasteiger charge is 2.39. The van der Waals surface area contributed by atoms with Crippen molar-refractivity contribution in [3.63, 3.8) is 0 Å². The summed E-state index contributed by atoms with van der Waals surface area (Å²) in [5.74, 6) is 3.16. The second kappa shape index (κ2) is 5.38. The van der Waals surface area contributed by atoms with Gasteiger partial charge in [-0.2, -0.15) is 0 Å². The van der Waals surface area contributed by atoms with Gasteiger partial charge in [-0.05, 0) is 62.1 Å². The van der Waals surface area contributed by atoms with Crippen LogP contribution in [0.3, 0.4) is 0 Å². The first-order valence-electron chi connectivity index (χ1n) is 8.21. The number of hydrogen-bond acceptors (Lipinski definition) is 2. The molecule has 2 heteroatoms. The van der Waals surface area contributed by atoms with E-state index in [1.54, 1.807) is 12.0 Å². The van der Waals surface area contributed by atoms with Gasteiger partial charge in [-0.1, -0.05) is 24.6 Å². The Bertz CT molecular complexity index is 461. The van der Waals surface area contributed by atoms with Gasteiger partial charge in [0.1, 0.15) is 0 Å². The van der Waals surface area contributed by atoms with Gasteiger partial charge in [0.15, 0.2) is 0 Å². The maximum absolute atomic E-state index is 2.62. The summed E-state index contributed by atoms with van der Waals surface area (Å²) >= 11 is 2.10. The summed E-state index contributed by atoms with van der Waals surface area (Å²) < 4.78 is 0. The molecule has 2 fully saturated rings. The predicted octanol–water partition coefficient (Wildman–Crippen LogP) is 4.07. The third-order valence-electron chi connectivity index (χ3n) is 5.66. The van der Waals surface area contributed by atoms with Crippen LogP contribution in [0.1, 0.15) is 31.2 Å². The van der Waals surface area contributed by atoms with Gasteiger partial charge in [-0.25, -0.2) is 0 Å². The molecule has 2 bridgehead atoms. The highest BCUT2D eigenvalue weighted by molar-refractivity contribution is 8.00. The van der Waals surface area contributed by atoms with Gasteiger partial charge in [0, 0.05) is 23.2 Å². The molecule has 1 aromatic carbocycles. The van der Waals surface area contributed by atoms with Crippen molar-refractivity contribution in [1.82, 2.24) is 4.90 Å². The fraction of sp³-hybridized carbons (Fsp3) is 0.667. The molecule has 0 amide bonds. The minimum absolute atomic E-state index is 0.774. The van der Waals surface area contributed by atoms with E-state index in [1.807, 2.05) is 0 Å². The molecule has 4 unspecified atom stereocenters. The Morgan fingerprint density at radius 2 is 2.05 bits per heavy atom. The molecule has 108 valence electrons. The van der Waals surface area contributed by atoms with Crippen LogP contribution in [0, 0.1) is 17.8 Å². The summed E-state index contributed by atoms with van der Waals surface area (Å²) in [6.45, 7) is 2.60. The molecule has 1 aliphatic heterocycles. The Balaban J connectivity index is 1.30. The lowest BCUT2D eigenvalue weighted by Gasteiger charge is -2.28. The number of thioether (sulfide) groups is 1. The molecule has 2 aliphatic carbocycles. The lowest BCUT2D eigenvalue weighted by atomic mass is 9.88. The zero-order valence-corrected chi connectivity index (χ0v) is 13.2. The molecular formula is C18H25NS. The second-order valence-electron chi connectivity index (χ2n) is 7.21. The fourth-order valence-electron chi connectivity index (χ4n) is 4.78. The van der Waals surface area contributed by atoms with Crippen LogP contribution in [0.5, 0.6) is 0 Å². The molecule has 3 aliphatic rings. The molecule has 0 spiro atoms. The van der Waals surface area contributed by atoms with E-state index in [0.717, 1.165) is 23.0 Å². The molecule has 1 aromatic rings. The van der Waals surface area contributed by atoms with Gasteiger partial charge >= 0.3 is 0 Å². The maximum atomic E-state index is 2.62. The lowest BCUT2D eigenvalue weighted by Crippen LogP contribution is -2.33. The van der Waals surface area contributed by atoms with Crippen LogP contribution in [-0.4, -0.2) is 30.3 Å². The van der Waals surface area contributed by atoms with Crippen LogP contribution in [0.15, 0.2) is 29.2 Å². The van der Waals surface area contributed by atoms with Gasteiger partial charge in [0.05, 0.1) is 0 Å². The maximum Gasteiger partial charge on any atom is 0.0263 e. The summed E-state index contributed by atoms with van der Waals surface area (Å²) in [5.41, 5.74) is 1.57. The van der Waals surface area contributed by atoms with E-state index < -0.39 is 0 Å². The normalized spacial score (nSPS) is 34.9. The topological polar surface area (TPSA) is 3.24 Å². The highest BCUT2D eigenvalue weighted by Crippen LogP contribution is 2.48. The molecule has 2 saturated carbocycles. The smallest absolute Gasteiger partial charge is 0.0263 e. The van der Waals surface area contributed by atoms with Crippen LogP contribution < -0.4 is 0 Å². The first-order chi connectivity index (χ1) is 9.78. The Labute approximate surface area is 127 Å². The van der Waals surface area contributed by atoms with Crippen molar-refractivity contribution >= 4 is 11.8 Å². The summed E-state index contributed by atoms with van der Waals surface area (Å²) in [4.78, 5) is 4.14. The van der Waals surface area contributed by atoms with Gasteiger partial charge in [0.2, 0.25) is 0 Å². The molecule has 0 N–H and O–H groups in total. The minimum atomic E-state index is 0.774. The molecule has 4 atom stereocenters. The molecule has 20 heavy (non-hydrogen) atoms. The first-order valence-corrected chi connectivity index (χ1v) is 9.09. The van der Waals surface area contributed by atoms with E-state index in [0.29, 0.717) is 0 Å². The zero-order valence-electron chi connectivity index (χ0n) is 12.4. The number of nitrogens with zero attached hydrogens (tertiary/aromatic N) is 1. The monoisotopic (exact) mass is 287 g/mol. The van der Waals surface area contributed by atoms with Gasteiger partial charge < -0.3 is 4.90 Å². The largest absolute Gasteiger partial charge is 0.305 e. The van der Waals surface area contributed by atoms with Crippen molar-refractivity contribution in [3.05, 3.63) is 29.8 Å². The van der Waals surface area contributed by atoms with Gasteiger partial charge in [0.25, 0.3) is 0 Å². The minimum Gasteiger partial charge on any atom is -0.305 e. The Kier molecular flexibility index (Phi) is 3.55. The Morgan fingerprint density at radius 3 is 2.80 bits per heavy atom. The van der Waals surface area contributed by atoms with Crippen molar-refractivity contribution in [2.75, 3.05) is 20.1 Å². The summed E-state index contributed by atoms with van der Waals surface area (Å²) in [7, 11) is 2.34. The molecule has 0 saturated heterocycles. The number of hydrogen-bond donors (Lipinski definition) is 0. The quantitative estimate of drug-likeness (QED) is 0.821. The number of rotatable bonds is 4. The van der Waals surface area contributed by atoms with Gasteiger partial charge in [-0.15, -0.1) is 11.8 Å². The second-order valence-corrected chi connectivity index (χ2v) is 8.55. The molecule has 1 heterocycles. The third-order valence-corrected chi connectivity index (χ3v) is 6.96. The molecule has 0 radical (unpaired) electrons. The SMILES string of the molecule is CN(CC1Cc2ccccc2S1)CC1CC2CCC1C2. The average molecular weight is 287 g/mol. The highest BCUT2D eigenvalue weighted by atomic mass is 32.2.